The smallest absolute Gasteiger partial charge is 0.0591 e. The molecular formula is C14H24N2O. The maximum atomic E-state index is 5.59. The lowest BCUT2D eigenvalue weighted by atomic mass is 10.2. The lowest BCUT2D eigenvalue weighted by molar-refractivity contribution is 0.126. The van der Waals surface area contributed by atoms with Gasteiger partial charge in [-0.05, 0) is 44.2 Å². The van der Waals surface area contributed by atoms with E-state index in [9.17, 15) is 0 Å². The van der Waals surface area contributed by atoms with Crippen molar-refractivity contribution in [2.45, 2.75) is 33.2 Å². The van der Waals surface area contributed by atoms with Crippen molar-refractivity contribution >= 4 is 0 Å². The molecule has 3 nitrogen and oxygen atoms in total. The summed E-state index contributed by atoms with van der Waals surface area (Å²) in [6, 6.07) is 2.26. The summed E-state index contributed by atoms with van der Waals surface area (Å²) in [4.78, 5) is 0. The summed E-state index contributed by atoms with van der Waals surface area (Å²) in [5.41, 5.74) is 4.07. The summed E-state index contributed by atoms with van der Waals surface area (Å²) in [6.07, 6.45) is 2.74. The normalized spacial score (nSPS) is 15.5. The van der Waals surface area contributed by atoms with Crippen molar-refractivity contribution in [1.82, 2.24) is 9.88 Å². The maximum absolute atomic E-state index is 5.59. The van der Waals surface area contributed by atoms with Gasteiger partial charge in [0.1, 0.15) is 0 Å². The zero-order valence-corrected chi connectivity index (χ0v) is 11.3. The lowest BCUT2D eigenvalue weighted by Crippen LogP contribution is -2.20. The van der Waals surface area contributed by atoms with E-state index in [1.54, 1.807) is 0 Å². The van der Waals surface area contributed by atoms with Crippen LogP contribution in [0.5, 0.6) is 0 Å². The predicted molar refractivity (Wildman–Crippen MR) is 70.1 cm³/mol. The quantitative estimate of drug-likeness (QED) is 0.734. The molecule has 0 bridgehead atoms. The van der Waals surface area contributed by atoms with Gasteiger partial charge in [-0.15, -0.1) is 0 Å². The van der Waals surface area contributed by atoms with Gasteiger partial charge < -0.3 is 14.6 Å². The molecule has 1 heterocycles. The fourth-order valence-electron chi connectivity index (χ4n) is 2.01. The molecule has 0 spiro atoms. The average molecular weight is 236 g/mol. The van der Waals surface area contributed by atoms with Crippen LogP contribution in [0.3, 0.4) is 0 Å². The van der Waals surface area contributed by atoms with E-state index < -0.39 is 0 Å². The van der Waals surface area contributed by atoms with E-state index in [1.165, 1.54) is 29.8 Å². The fraction of sp³-hybridized carbons (Fsp3) is 0.714. The first kappa shape index (κ1) is 12.7. The highest BCUT2D eigenvalue weighted by atomic mass is 16.5. The molecule has 1 aliphatic rings. The van der Waals surface area contributed by atoms with Crippen molar-refractivity contribution in [3.05, 3.63) is 23.0 Å². The van der Waals surface area contributed by atoms with Crippen molar-refractivity contribution in [2.24, 2.45) is 13.0 Å². The van der Waals surface area contributed by atoms with Crippen molar-refractivity contribution in [3.8, 4) is 0 Å². The van der Waals surface area contributed by atoms with E-state index in [1.807, 2.05) is 0 Å². The van der Waals surface area contributed by atoms with Crippen LogP contribution < -0.4 is 5.32 Å². The highest BCUT2D eigenvalue weighted by molar-refractivity contribution is 5.26. The summed E-state index contributed by atoms with van der Waals surface area (Å²) >= 11 is 0. The molecule has 0 amide bonds. The number of ether oxygens (including phenoxy) is 1. The van der Waals surface area contributed by atoms with Crippen molar-refractivity contribution in [1.29, 1.82) is 0 Å². The van der Waals surface area contributed by atoms with E-state index >= 15 is 0 Å². The van der Waals surface area contributed by atoms with Crippen LogP contribution in [0.15, 0.2) is 6.07 Å². The van der Waals surface area contributed by atoms with Gasteiger partial charge in [0.05, 0.1) is 6.61 Å². The molecule has 0 unspecified atom stereocenters. The molecule has 1 aliphatic carbocycles. The molecule has 1 aromatic heterocycles. The number of nitrogens with one attached hydrogen (secondary N) is 1. The maximum Gasteiger partial charge on any atom is 0.0591 e. The summed E-state index contributed by atoms with van der Waals surface area (Å²) in [7, 11) is 2.12. The Hall–Kier alpha value is -0.800. The van der Waals surface area contributed by atoms with Crippen LogP contribution in [0.2, 0.25) is 0 Å². The van der Waals surface area contributed by atoms with Crippen LogP contribution in [-0.4, -0.2) is 24.3 Å². The van der Waals surface area contributed by atoms with Crippen LogP contribution in [-0.2, 0) is 18.3 Å². The van der Waals surface area contributed by atoms with Crippen LogP contribution in [0, 0.1) is 19.8 Å². The molecule has 0 aliphatic heterocycles. The Balaban J connectivity index is 1.61. The molecule has 3 heteroatoms. The Bertz CT molecular complexity index is 367. The standard InChI is InChI=1S/C14H24N2O/c1-11-8-14(12(2)16(11)3)9-15-6-7-17-10-13-4-5-13/h8,13,15H,4-7,9-10H2,1-3H3. The van der Waals surface area contributed by atoms with E-state index in [-0.39, 0.29) is 0 Å². The summed E-state index contributed by atoms with van der Waals surface area (Å²) in [6.45, 7) is 8.01. The third-order valence-corrected chi connectivity index (χ3v) is 3.67. The highest BCUT2D eigenvalue weighted by Crippen LogP contribution is 2.28. The molecule has 17 heavy (non-hydrogen) atoms. The largest absolute Gasteiger partial charge is 0.380 e. The minimum atomic E-state index is 0.835. The van der Waals surface area contributed by atoms with Gasteiger partial charge in [-0.2, -0.15) is 0 Å². The number of hydrogen-bond acceptors (Lipinski definition) is 2. The van der Waals surface area contributed by atoms with E-state index in [0.29, 0.717) is 0 Å². The van der Waals surface area contributed by atoms with E-state index in [0.717, 1.165) is 32.2 Å². The predicted octanol–water partition coefficient (Wildman–Crippen LogP) is 2.16. The van der Waals surface area contributed by atoms with E-state index in [2.05, 4.69) is 36.8 Å². The molecule has 1 aromatic rings. The Kier molecular flexibility index (Phi) is 4.24. The summed E-state index contributed by atoms with van der Waals surface area (Å²) in [5.74, 6) is 0.869. The Morgan fingerprint density at radius 2 is 2.18 bits per heavy atom. The topological polar surface area (TPSA) is 26.2 Å². The highest BCUT2D eigenvalue weighted by Gasteiger charge is 2.20. The number of hydrogen-bond donors (Lipinski definition) is 1. The minimum absolute atomic E-state index is 0.835. The molecule has 1 saturated carbocycles. The minimum Gasteiger partial charge on any atom is -0.380 e. The molecule has 0 saturated heterocycles. The third-order valence-electron chi connectivity index (χ3n) is 3.67. The molecular weight excluding hydrogens is 212 g/mol. The van der Waals surface area contributed by atoms with Crippen LogP contribution in [0.1, 0.15) is 29.8 Å². The van der Waals surface area contributed by atoms with Gasteiger partial charge in [-0.3, -0.25) is 0 Å². The molecule has 0 radical (unpaired) electrons. The van der Waals surface area contributed by atoms with E-state index in [4.69, 9.17) is 4.74 Å². The molecule has 0 aromatic carbocycles. The summed E-state index contributed by atoms with van der Waals surface area (Å²) in [5, 5.41) is 3.44. The molecule has 1 N–H and O–H groups in total. The average Bonchev–Trinajstić information content (AvgIpc) is 3.09. The first-order chi connectivity index (χ1) is 8.18. The van der Waals surface area contributed by atoms with Gasteiger partial charge in [0.25, 0.3) is 0 Å². The third kappa shape index (κ3) is 3.58. The first-order valence-electron chi connectivity index (χ1n) is 6.58. The number of aromatic nitrogens is 1. The van der Waals surface area contributed by atoms with Crippen LogP contribution in [0.25, 0.3) is 0 Å². The zero-order chi connectivity index (χ0) is 12.3. The van der Waals surface area contributed by atoms with Crippen molar-refractivity contribution < 1.29 is 4.74 Å². The fourth-order valence-corrected chi connectivity index (χ4v) is 2.01. The van der Waals surface area contributed by atoms with Gasteiger partial charge in [0, 0.05) is 38.1 Å². The second-order valence-corrected chi connectivity index (χ2v) is 5.15. The summed E-state index contributed by atoms with van der Waals surface area (Å²) < 4.78 is 7.82. The first-order valence-corrected chi connectivity index (χ1v) is 6.58. The SMILES string of the molecule is Cc1cc(CNCCOCC2CC2)c(C)n1C. The van der Waals surface area contributed by atoms with Crippen LogP contribution >= 0.6 is 0 Å². The molecule has 0 atom stereocenters. The van der Waals surface area contributed by atoms with Gasteiger partial charge in [-0.25, -0.2) is 0 Å². The zero-order valence-electron chi connectivity index (χ0n) is 11.3. The van der Waals surface area contributed by atoms with Gasteiger partial charge in [0.2, 0.25) is 0 Å². The molecule has 1 fully saturated rings. The molecule has 96 valence electrons. The Labute approximate surface area is 104 Å². The number of nitrogens with zero attached hydrogens (tertiary/aromatic N) is 1. The Morgan fingerprint density at radius 1 is 1.41 bits per heavy atom. The van der Waals surface area contributed by atoms with Gasteiger partial charge >= 0.3 is 0 Å². The Morgan fingerprint density at radius 3 is 2.76 bits per heavy atom. The van der Waals surface area contributed by atoms with Crippen LogP contribution in [0.4, 0.5) is 0 Å². The second kappa shape index (κ2) is 5.69. The number of rotatable bonds is 7. The van der Waals surface area contributed by atoms with Crippen molar-refractivity contribution in [2.75, 3.05) is 19.8 Å². The second-order valence-electron chi connectivity index (χ2n) is 5.15. The van der Waals surface area contributed by atoms with Crippen molar-refractivity contribution in [3.63, 3.8) is 0 Å². The van der Waals surface area contributed by atoms with Gasteiger partial charge in [-0.1, -0.05) is 0 Å². The van der Waals surface area contributed by atoms with Gasteiger partial charge in [0.15, 0.2) is 0 Å². The monoisotopic (exact) mass is 236 g/mol. The molecule has 2 rings (SSSR count). The number of aryl methyl sites for hydroxylation is 1. The lowest BCUT2D eigenvalue weighted by Gasteiger charge is -2.06.